The van der Waals surface area contributed by atoms with Crippen LogP contribution in [0.2, 0.25) is 0 Å². The van der Waals surface area contributed by atoms with E-state index in [4.69, 9.17) is 8.92 Å². The standard InChI is InChI=1S/C8H19NO2S/c1-9(6-8-10-2)5-4-7-11-12-3/h4-8H2,1-3H3. The van der Waals surface area contributed by atoms with Gasteiger partial charge in [-0.05, 0) is 25.5 Å². The Bertz CT molecular complexity index is 93.1. The van der Waals surface area contributed by atoms with Crippen molar-refractivity contribution in [3.63, 3.8) is 0 Å². The van der Waals surface area contributed by atoms with Crippen LogP contribution in [0.3, 0.4) is 0 Å². The highest BCUT2D eigenvalue weighted by Gasteiger charge is 1.96. The lowest BCUT2D eigenvalue weighted by Gasteiger charge is -2.15. The average Bonchev–Trinajstić information content (AvgIpc) is 2.09. The van der Waals surface area contributed by atoms with Gasteiger partial charge in [0.05, 0.1) is 13.2 Å². The number of nitrogens with zero attached hydrogens (tertiary/aromatic N) is 1. The summed E-state index contributed by atoms with van der Waals surface area (Å²) in [6, 6.07) is 0. The molecule has 0 spiro atoms. The SMILES string of the molecule is COCCN(C)CCCOSC. The Balaban J connectivity index is 3.02. The summed E-state index contributed by atoms with van der Waals surface area (Å²) in [5.41, 5.74) is 0. The van der Waals surface area contributed by atoms with Gasteiger partial charge in [0, 0.05) is 26.5 Å². The van der Waals surface area contributed by atoms with Crippen molar-refractivity contribution < 1.29 is 8.92 Å². The summed E-state index contributed by atoms with van der Waals surface area (Å²) < 4.78 is 10.1. The summed E-state index contributed by atoms with van der Waals surface area (Å²) in [5, 5.41) is 0. The van der Waals surface area contributed by atoms with Crippen LogP contribution in [0.4, 0.5) is 0 Å². The summed E-state index contributed by atoms with van der Waals surface area (Å²) in [5.74, 6) is 0. The fourth-order valence-corrected chi connectivity index (χ4v) is 1.12. The van der Waals surface area contributed by atoms with E-state index in [2.05, 4.69) is 11.9 Å². The molecule has 0 saturated carbocycles. The molecule has 0 atom stereocenters. The number of hydrogen-bond donors (Lipinski definition) is 0. The van der Waals surface area contributed by atoms with Gasteiger partial charge in [-0.1, -0.05) is 0 Å². The first-order valence-electron chi connectivity index (χ1n) is 4.14. The third-order valence-electron chi connectivity index (χ3n) is 1.56. The van der Waals surface area contributed by atoms with Crippen LogP contribution in [0.15, 0.2) is 0 Å². The van der Waals surface area contributed by atoms with Crippen molar-refractivity contribution in [2.45, 2.75) is 6.42 Å². The van der Waals surface area contributed by atoms with Crippen LogP contribution in [0, 0.1) is 0 Å². The maximum atomic E-state index is 5.15. The van der Waals surface area contributed by atoms with Crippen LogP contribution in [0.25, 0.3) is 0 Å². The largest absolute Gasteiger partial charge is 0.383 e. The number of ether oxygens (including phenoxy) is 1. The second kappa shape index (κ2) is 9.32. The molecule has 0 bridgehead atoms. The highest BCUT2D eigenvalue weighted by atomic mass is 32.2. The second-order valence-electron chi connectivity index (χ2n) is 2.64. The molecule has 0 saturated heterocycles. The molecule has 12 heavy (non-hydrogen) atoms. The van der Waals surface area contributed by atoms with Gasteiger partial charge in [-0.2, -0.15) is 0 Å². The zero-order valence-electron chi connectivity index (χ0n) is 8.21. The third-order valence-corrected chi connectivity index (χ3v) is 1.96. The topological polar surface area (TPSA) is 21.7 Å². The van der Waals surface area contributed by atoms with Crippen molar-refractivity contribution in [3.05, 3.63) is 0 Å². The molecule has 74 valence electrons. The molecule has 0 fully saturated rings. The van der Waals surface area contributed by atoms with Crippen molar-refractivity contribution in [2.75, 3.05) is 46.7 Å². The Kier molecular flexibility index (Phi) is 9.50. The van der Waals surface area contributed by atoms with Crippen molar-refractivity contribution in [2.24, 2.45) is 0 Å². The van der Waals surface area contributed by atoms with Gasteiger partial charge in [-0.25, -0.2) is 0 Å². The molecular formula is C8H19NO2S. The van der Waals surface area contributed by atoms with Gasteiger partial charge in [0.25, 0.3) is 0 Å². The van der Waals surface area contributed by atoms with Gasteiger partial charge in [-0.15, -0.1) is 0 Å². The van der Waals surface area contributed by atoms with Crippen LogP contribution in [-0.2, 0) is 8.92 Å². The van der Waals surface area contributed by atoms with Gasteiger partial charge in [0.2, 0.25) is 0 Å². The first-order valence-corrected chi connectivity index (χ1v) is 5.29. The lowest BCUT2D eigenvalue weighted by atomic mass is 10.4. The number of hydrogen-bond acceptors (Lipinski definition) is 4. The number of rotatable bonds is 8. The zero-order chi connectivity index (χ0) is 9.23. The molecule has 0 aliphatic carbocycles. The molecule has 0 amide bonds. The van der Waals surface area contributed by atoms with Crippen molar-refractivity contribution in [1.29, 1.82) is 0 Å². The van der Waals surface area contributed by atoms with Crippen molar-refractivity contribution in [3.8, 4) is 0 Å². The lowest BCUT2D eigenvalue weighted by Crippen LogP contribution is -2.24. The monoisotopic (exact) mass is 193 g/mol. The predicted octanol–water partition coefficient (Wildman–Crippen LogP) is 1.25. The third kappa shape index (κ3) is 8.33. The Morgan fingerprint density at radius 1 is 1.25 bits per heavy atom. The van der Waals surface area contributed by atoms with E-state index in [0.717, 1.165) is 32.7 Å². The van der Waals surface area contributed by atoms with Gasteiger partial charge in [0.1, 0.15) is 0 Å². The predicted molar refractivity (Wildman–Crippen MR) is 53.5 cm³/mol. The highest BCUT2D eigenvalue weighted by molar-refractivity contribution is 7.93. The van der Waals surface area contributed by atoms with Gasteiger partial charge >= 0.3 is 0 Å². The van der Waals surface area contributed by atoms with E-state index < -0.39 is 0 Å². The average molecular weight is 193 g/mol. The molecule has 0 aliphatic heterocycles. The van der Waals surface area contributed by atoms with Gasteiger partial charge in [-0.3, -0.25) is 0 Å². The molecular weight excluding hydrogens is 174 g/mol. The minimum absolute atomic E-state index is 0.805. The van der Waals surface area contributed by atoms with Crippen LogP contribution in [0.5, 0.6) is 0 Å². The molecule has 0 N–H and O–H groups in total. The Hall–Kier alpha value is 0.230. The van der Waals surface area contributed by atoms with E-state index >= 15 is 0 Å². The first kappa shape index (κ1) is 12.2. The lowest BCUT2D eigenvalue weighted by molar-refractivity contribution is 0.158. The van der Waals surface area contributed by atoms with Crippen molar-refractivity contribution >= 4 is 12.0 Å². The van der Waals surface area contributed by atoms with E-state index in [0.29, 0.717) is 0 Å². The van der Waals surface area contributed by atoms with E-state index in [1.165, 1.54) is 12.0 Å². The summed E-state index contributed by atoms with van der Waals surface area (Å²) >= 11 is 1.43. The molecule has 0 unspecified atom stereocenters. The van der Waals surface area contributed by atoms with E-state index in [1.54, 1.807) is 7.11 Å². The van der Waals surface area contributed by atoms with Crippen molar-refractivity contribution in [1.82, 2.24) is 4.90 Å². The van der Waals surface area contributed by atoms with Gasteiger partial charge < -0.3 is 13.8 Å². The van der Waals surface area contributed by atoms with E-state index in [9.17, 15) is 0 Å². The van der Waals surface area contributed by atoms with Crippen LogP contribution < -0.4 is 0 Å². The quantitative estimate of drug-likeness (QED) is 0.427. The van der Waals surface area contributed by atoms with E-state index in [1.807, 2.05) is 6.26 Å². The second-order valence-corrected chi connectivity index (χ2v) is 3.21. The smallest absolute Gasteiger partial charge is 0.0625 e. The fourth-order valence-electron chi connectivity index (χ4n) is 0.836. The number of methoxy groups -OCH3 is 1. The minimum Gasteiger partial charge on any atom is -0.383 e. The molecule has 0 aliphatic rings. The van der Waals surface area contributed by atoms with Crippen LogP contribution >= 0.6 is 12.0 Å². The number of likely N-dealkylation sites (N-methyl/N-ethyl adjacent to an activating group) is 1. The maximum absolute atomic E-state index is 5.15. The van der Waals surface area contributed by atoms with Crippen LogP contribution in [0.1, 0.15) is 6.42 Å². The molecule has 0 aromatic carbocycles. The first-order chi connectivity index (χ1) is 5.81. The maximum Gasteiger partial charge on any atom is 0.0625 e. The Labute approximate surface area is 79.6 Å². The molecule has 0 radical (unpaired) electrons. The van der Waals surface area contributed by atoms with E-state index in [-0.39, 0.29) is 0 Å². The minimum atomic E-state index is 0.805. The molecule has 0 aromatic rings. The summed E-state index contributed by atoms with van der Waals surface area (Å²) in [6.07, 6.45) is 3.02. The normalized spacial score (nSPS) is 11.0. The summed E-state index contributed by atoms with van der Waals surface area (Å²) in [7, 11) is 3.82. The Morgan fingerprint density at radius 3 is 2.58 bits per heavy atom. The zero-order valence-corrected chi connectivity index (χ0v) is 9.02. The fraction of sp³-hybridized carbons (Fsp3) is 1.00. The summed E-state index contributed by atoms with van der Waals surface area (Å²) in [4.78, 5) is 2.24. The van der Waals surface area contributed by atoms with Gasteiger partial charge in [0.15, 0.2) is 0 Å². The molecule has 4 heteroatoms. The molecule has 0 heterocycles. The molecule has 3 nitrogen and oxygen atoms in total. The summed E-state index contributed by atoms with van der Waals surface area (Å²) in [6.45, 7) is 3.71. The molecule has 0 rings (SSSR count). The Morgan fingerprint density at radius 2 is 2.00 bits per heavy atom. The highest BCUT2D eigenvalue weighted by Crippen LogP contribution is 1.96. The van der Waals surface area contributed by atoms with Crippen LogP contribution in [-0.4, -0.2) is 51.6 Å². The molecule has 0 aromatic heterocycles.